The minimum atomic E-state index is -0.809. The Kier molecular flexibility index (Phi) is 8.71. The van der Waals surface area contributed by atoms with Crippen LogP contribution in [-0.2, 0) is 33.4 Å². The Bertz CT molecular complexity index is 1500. The van der Waals surface area contributed by atoms with Gasteiger partial charge in [0.05, 0.1) is 17.1 Å². The van der Waals surface area contributed by atoms with Crippen molar-refractivity contribution in [3.05, 3.63) is 23.3 Å². The lowest BCUT2D eigenvalue weighted by Gasteiger charge is -2.66. The predicted molar refractivity (Wildman–Crippen MR) is 179 cm³/mol. The highest BCUT2D eigenvalue weighted by molar-refractivity contribution is 6.02. The topological polar surface area (TPSA) is 120 Å². The minimum Gasteiger partial charge on any atom is -0.462 e. The molecule has 3 saturated carbocycles. The lowest BCUT2D eigenvalue weighted by molar-refractivity contribution is -0.238. The quantitative estimate of drug-likeness (QED) is 0.223. The Balaban J connectivity index is 1.38. The lowest BCUT2D eigenvalue weighted by Crippen LogP contribution is -2.63. The Labute approximate surface area is 286 Å². The Morgan fingerprint density at radius 2 is 1.71 bits per heavy atom. The van der Waals surface area contributed by atoms with Gasteiger partial charge in [-0.15, -0.1) is 0 Å². The molecule has 10 unspecified atom stereocenters. The van der Waals surface area contributed by atoms with Gasteiger partial charge in [0.25, 0.3) is 0 Å². The molecule has 6 rings (SSSR count). The molecule has 11 atom stereocenters. The maximum atomic E-state index is 14.7. The highest BCUT2D eigenvalue weighted by Crippen LogP contribution is 2.73. The number of carbonyl (C=O) groups is 4. The summed E-state index contributed by atoms with van der Waals surface area (Å²) in [6, 6.07) is 2.19. The molecule has 5 aliphatic carbocycles. The number of allylic oxidation sites excluding steroid dienone is 4. The van der Waals surface area contributed by atoms with Gasteiger partial charge in [0.2, 0.25) is 6.29 Å². The Morgan fingerprint density at radius 1 is 1.00 bits per heavy atom. The molecule has 6 aliphatic rings. The van der Waals surface area contributed by atoms with E-state index in [1.807, 2.05) is 19.9 Å². The second-order valence-corrected chi connectivity index (χ2v) is 17.6. The third-order valence-corrected chi connectivity index (χ3v) is 14.5. The molecule has 8 heteroatoms. The number of ether oxygens (including phenoxy) is 3. The van der Waals surface area contributed by atoms with E-state index in [0.717, 1.165) is 25.7 Å². The van der Waals surface area contributed by atoms with Gasteiger partial charge in [-0.25, -0.2) is 0 Å². The van der Waals surface area contributed by atoms with Gasteiger partial charge < -0.3 is 14.2 Å². The van der Waals surface area contributed by atoms with Gasteiger partial charge in [0.15, 0.2) is 5.78 Å². The summed E-state index contributed by atoms with van der Waals surface area (Å²) < 4.78 is 18.1. The normalized spacial score (nSPS) is 45.0. The van der Waals surface area contributed by atoms with Crippen LogP contribution in [-0.4, -0.2) is 42.0 Å². The number of fused-ring (bicyclic) bond motifs is 7. The molecule has 1 heterocycles. The summed E-state index contributed by atoms with van der Waals surface area (Å²) in [5.74, 6) is -1.25. The number of carbonyl (C=O) groups excluding carboxylic acids is 4. The first-order chi connectivity index (χ1) is 22.4. The fraction of sp³-hybridized carbons (Fsp3) is 0.775. The average molecular weight is 662 g/mol. The van der Waals surface area contributed by atoms with Gasteiger partial charge in [-0.2, -0.15) is 5.26 Å². The van der Waals surface area contributed by atoms with Crippen molar-refractivity contribution in [3.8, 4) is 6.07 Å². The summed E-state index contributed by atoms with van der Waals surface area (Å²) in [5, 5.41) is 9.95. The highest BCUT2D eigenvalue weighted by atomic mass is 16.7. The van der Waals surface area contributed by atoms with Crippen molar-refractivity contribution >= 4 is 23.5 Å². The van der Waals surface area contributed by atoms with Crippen LogP contribution in [0.25, 0.3) is 0 Å². The van der Waals surface area contributed by atoms with Crippen molar-refractivity contribution in [2.45, 2.75) is 145 Å². The van der Waals surface area contributed by atoms with Crippen LogP contribution in [0.3, 0.4) is 0 Å². The summed E-state index contributed by atoms with van der Waals surface area (Å²) in [5.41, 5.74) is -0.719. The van der Waals surface area contributed by atoms with Crippen LogP contribution in [0.2, 0.25) is 0 Å². The van der Waals surface area contributed by atoms with Crippen LogP contribution >= 0.6 is 0 Å². The van der Waals surface area contributed by atoms with Crippen LogP contribution in [0.4, 0.5) is 0 Å². The molecule has 8 nitrogen and oxygen atoms in total. The first kappa shape index (κ1) is 35.1. The van der Waals surface area contributed by atoms with Crippen LogP contribution in [0, 0.1) is 62.1 Å². The van der Waals surface area contributed by atoms with Gasteiger partial charge in [-0.3, -0.25) is 19.2 Å². The zero-order valence-corrected chi connectivity index (χ0v) is 30.3. The lowest BCUT2D eigenvalue weighted by atomic mass is 9.37. The second kappa shape index (κ2) is 11.9. The summed E-state index contributed by atoms with van der Waals surface area (Å²) in [4.78, 5) is 54.3. The van der Waals surface area contributed by atoms with Crippen molar-refractivity contribution in [2.24, 2.45) is 50.7 Å². The van der Waals surface area contributed by atoms with E-state index in [9.17, 15) is 24.4 Å². The number of nitrogens with zero attached hydrogens (tertiary/aromatic N) is 1. The molecular weight excluding hydrogens is 606 g/mol. The van der Waals surface area contributed by atoms with Crippen molar-refractivity contribution < 1.29 is 33.4 Å². The number of hydrogen-bond acceptors (Lipinski definition) is 8. The number of Topliss-reactive ketones (excluding diaryl/α,β-unsaturated/α-hetero) is 2. The van der Waals surface area contributed by atoms with E-state index >= 15 is 0 Å². The zero-order chi connectivity index (χ0) is 35.0. The third kappa shape index (κ3) is 5.24. The summed E-state index contributed by atoms with van der Waals surface area (Å²) in [7, 11) is 0. The summed E-state index contributed by atoms with van der Waals surface area (Å²) >= 11 is 0. The fourth-order valence-corrected chi connectivity index (χ4v) is 11.7. The van der Waals surface area contributed by atoms with Crippen molar-refractivity contribution in [2.75, 3.05) is 0 Å². The molecule has 0 amide bonds. The van der Waals surface area contributed by atoms with Crippen molar-refractivity contribution in [1.82, 2.24) is 0 Å². The van der Waals surface area contributed by atoms with Gasteiger partial charge in [-0.1, -0.05) is 66.2 Å². The molecule has 0 aromatic heterocycles. The SMILES string of the molecule is CCC1CC(OC(C)=O)CC(OC(=O)[C@]23CCC(C)(C)CC2C2C(=O)CC=C4C5(C)C=C(C#N)C(=O)C(C)C5CCC4(C)C2(C)CC3)O1. The molecule has 48 heavy (non-hydrogen) atoms. The van der Waals surface area contributed by atoms with Crippen LogP contribution in [0.1, 0.15) is 126 Å². The highest BCUT2D eigenvalue weighted by Gasteiger charge is 2.69. The van der Waals surface area contributed by atoms with Gasteiger partial charge in [-0.05, 0) is 79.4 Å². The second-order valence-electron chi connectivity index (χ2n) is 17.6. The van der Waals surface area contributed by atoms with Gasteiger partial charge in [0, 0.05) is 43.4 Å². The Morgan fingerprint density at radius 3 is 2.38 bits per heavy atom. The standard InChI is InChI=1S/C40H55NO7/c1-9-26-18-27(46-24(3)42)19-32(47-26)48-35(45)40-16-14-36(4,5)21-29(40)33-30(43)10-11-31-37(6)20-25(22-41)34(44)23(2)28(37)12-13-38(31,7)39(33,8)15-17-40/h11,20,23,26-29,32-33H,9-10,12-19,21H2,1-8H3/t23?,26?,27?,28?,29?,32?,33?,37?,38?,39?,40-/m0/s1. The van der Waals surface area contributed by atoms with E-state index in [-0.39, 0.29) is 82.2 Å². The van der Waals surface area contributed by atoms with Crippen molar-refractivity contribution in [3.63, 3.8) is 0 Å². The average Bonchev–Trinajstić information content (AvgIpc) is 3.10. The molecule has 0 aromatic rings. The molecule has 0 aromatic carbocycles. The van der Waals surface area contributed by atoms with Gasteiger partial charge >= 0.3 is 11.9 Å². The van der Waals surface area contributed by atoms with E-state index in [1.165, 1.54) is 12.5 Å². The monoisotopic (exact) mass is 661 g/mol. The molecule has 262 valence electrons. The Hall–Kier alpha value is -2.79. The number of rotatable bonds is 4. The molecule has 0 spiro atoms. The molecule has 1 aliphatic heterocycles. The third-order valence-electron chi connectivity index (χ3n) is 14.5. The number of hydrogen-bond donors (Lipinski definition) is 0. The largest absolute Gasteiger partial charge is 0.462 e. The van der Waals surface area contributed by atoms with E-state index in [0.29, 0.717) is 38.5 Å². The molecule has 0 N–H and O–H groups in total. The van der Waals surface area contributed by atoms with Gasteiger partial charge in [0.1, 0.15) is 18.0 Å². The maximum absolute atomic E-state index is 14.7. The molecule has 1 saturated heterocycles. The van der Waals surface area contributed by atoms with Crippen LogP contribution in [0.5, 0.6) is 0 Å². The maximum Gasteiger partial charge on any atom is 0.314 e. The van der Waals surface area contributed by atoms with Crippen LogP contribution in [0.15, 0.2) is 23.3 Å². The van der Waals surface area contributed by atoms with Crippen LogP contribution < -0.4 is 0 Å². The van der Waals surface area contributed by atoms with E-state index in [4.69, 9.17) is 14.2 Å². The van der Waals surface area contributed by atoms with E-state index in [1.54, 1.807) is 0 Å². The summed E-state index contributed by atoms with van der Waals surface area (Å²) in [6.07, 6.45) is 9.89. The zero-order valence-electron chi connectivity index (χ0n) is 30.3. The molecule has 0 radical (unpaired) electrons. The smallest absolute Gasteiger partial charge is 0.314 e. The van der Waals surface area contributed by atoms with E-state index < -0.39 is 22.5 Å². The number of ketones is 2. The minimum absolute atomic E-state index is 0.0429. The number of esters is 2. The fourth-order valence-electron chi connectivity index (χ4n) is 11.7. The predicted octanol–water partition coefficient (Wildman–Crippen LogP) is 7.60. The summed E-state index contributed by atoms with van der Waals surface area (Å²) in [6.45, 7) is 16.7. The number of nitriles is 1. The molecular formula is C40H55NO7. The van der Waals surface area contributed by atoms with E-state index in [2.05, 4.69) is 46.8 Å². The molecule has 4 fully saturated rings. The first-order valence-corrected chi connectivity index (χ1v) is 18.4. The van der Waals surface area contributed by atoms with Crippen molar-refractivity contribution in [1.29, 1.82) is 5.26 Å². The first-order valence-electron chi connectivity index (χ1n) is 18.4. The molecule has 0 bridgehead atoms.